The third-order valence-electron chi connectivity index (χ3n) is 5.21. The first-order valence-electron chi connectivity index (χ1n) is 10.3. The quantitative estimate of drug-likeness (QED) is 0.742. The van der Waals surface area contributed by atoms with Crippen LogP contribution < -0.4 is 15.5 Å². The molecule has 8 heteroatoms. The first-order valence-corrected chi connectivity index (χ1v) is 10.3. The van der Waals surface area contributed by atoms with Crippen molar-refractivity contribution < 1.29 is 22.8 Å². The van der Waals surface area contributed by atoms with Crippen molar-refractivity contribution in [2.45, 2.75) is 44.9 Å². The fraction of sp³-hybridized carbons (Fsp3) is 0.391. The van der Waals surface area contributed by atoms with Crippen LogP contribution in [-0.4, -0.2) is 37.0 Å². The molecule has 0 aromatic heterocycles. The number of alkyl halides is 3. The molecule has 0 atom stereocenters. The summed E-state index contributed by atoms with van der Waals surface area (Å²) in [6.45, 7) is 5.13. The van der Waals surface area contributed by atoms with E-state index in [1.807, 2.05) is 32.0 Å². The predicted molar refractivity (Wildman–Crippen MR) is 113 cm³/mol. The molecule has 2 aromatic rings. The van der Waals surface area contributed by atoms with E-state index in [-0.39, 0.29) is 29.5 Å². The number of benzene rings is 2. The molecule has 1 fully saturated rings. The van der Waals surface area contributed by atoms with Crippen molar-refractivity contribution in [2.75, 3.05) is 18.0 Å². The van der Waals surface area contributed by atoms with Crippen LogP contribution in [0.1, 0.15) is 53.0 Å². The second-order valence-corrected chi connectivity index (χ2v) is 7.96. The van der Waals surface area contributed by atoms with E-state index in [1.165, 1.54) is 12.1 Å². The van der Waals surface area contributed by atoms with Gasteiger partial charge in [0.15, 0.2) is 0 Å². The molecular weight excluding hydrogens is 407 g/mol. The summed E-state index contributed by atoms with van der Waals surface area (Å²) < 4.78 is 38.0. The average molecular weight is 433 g/mol. The summed E-state index contributed by atoms with van der Waals surface area (Å²) in [6, 6.07) is 11.6. The number of para-hydroxylation sites is 1. The van der Waals surface area contributed by atoms with Crippen molar-refractivity contribution in [3.05, 3.63) is 65.2 Å². The largest absolute Gasteiger partial charge is 0.416 e. The van der Waals surface area contributed by atoms with Crippen molar-refractivity contribution in [1.82, 2.24) is 10.6 Å². The molecule has 166 valence electrons. The summed E-state index contributed by atoms with van der Waals surface area (Å²) in [6.07, 6.45) is -3.08. The number of carbonyl (C=O) groups is 2. The van der Waals surface area contributed by atoms with Crippen LogP contribution >= 0.6 is 0 Å². The number of anilines is 1. The van der Waals surface area contributed by atoms with Crippen LogP contribution in [0.5, 0.6) is 0 Å². The normalized spacial score (nSPS) is 15.1. The van der Waals surface area contributed by atoms with E-state index < -0.39 is 11.7 Å². The number of hydrogen-bond donors (Lipinski definition) is 2. The standard InChI is InChI=1S/C23H26F3N3O2/c1-15(2)27-22(31)19-5-3-4-6-20(19)29-13-11-18(12-14-29)28-21(30)16-7-9-17(10-8-16)23(24,25)26/h3-10,15,18H,11-14H2,1-2H3,(H,27,31)(H,28,30). The summed E-state index contributed by atoms with van der Waals surface area (Å²) in [4.78, 5) is 27.0. The maximum absolute atomic E-state index is 12.7. The number of amides is 2. The van der Waals surface area contributed by atoms with Gasteiger partial charge in [-0.15, -0.1) is 0 Å². The molecule has 0 radical (unpaired) electrons. The number of rotatable bonds is 5. The zero-order valence-electron chi connectivity index (χ0n) is 17.5. The Morgan fingerprint density at radius 2 is 1.58 bits per heavy atom. The van der Waals surface area contributed by atoms with E-state index in [4.69, 9.17) is 0 Å². The molecule has 0 aliphatic carbocycles. The topological polar surface area (TPSA) is 61.4 Å². The van der Waals surface area contributed by atoms with Gasteiger partial charge in [0, 0.05) is 36.4 Å². The zero-order chi connectivity index (χ0) is 22.6. The number of carbonyl (C=O) groups excluding carboxylic acids is 2. The van der Waals surface area contributed by atoms with E-state index in [0.717, 1.165) is 17.8 Å². The molecule has 2 aromatic carbocycles. The molecule has 0 bridgehead atoms. The minimum atomic E-state index is -4.43. The fourth-order valence-electron chi connectivity index (χ4n) is 3.63. The third kappa shape index (κ3) is 5.77. The number of halogens is 3. The lowest BCUT2D eigenvalue weighted by Gasteiger charge is -2.35. The molecule has 3 rings (SSSR count). The maximum atomic E-state index is 12.7. The van der Waals surface area contributed by atoms with Crippen molar-refractivity contribution in [2.24, 2.45) is 0 Å². The van der Waals surface area contributed by atoms with Crippen LogP contribution in [0.2, 0.25) is 0 Å². The fourth-order valence-corrected chi connectivity index (χ4v) is 3.63. The van der Waals surface area contributed by atoms with Gasteiger partial charge in [-0.05, 0) is 63.1 Å². The molecule has 1 saturated heterocycles. The van der Waals surface area contributed by atoms with Crippen LogP contribution in [0.3, 0.4) is 0 Å². The summed E-state index contributed by atoms with van der Waals surface area (Å²) >= 11 is 0. The van der Waals surface area contributed by atoms with E-state index in [1.54, 1.807) is 6.07 Å². The van der Waals surface area contributed by atoms with Gasteiger partial charge in [-0.1, -0.05) is 12.1 Å². The molecule has 2 amide bonds. The summed E-state index contributed by atoms with van der Waals surface area (Å²) in [5.41, 5.74) is 0.889. The van der Waals surface area contributed by atoms with E-state index >= 15 is 0 Å². The molecule has 0 saturated carbocycles. The first-order chi connectivity index (χ1) is 14.6. The highest BCUT2D eigenvalue weighted by Gasteiger charge is 2.30. The van der Waals surface area contributed by atoms with Gasteiger partial charge in [0.2, 0.25) is 0 Å². The van der Waals surface area contributed by atoms with E-state index in [0.29, 0.717) is 31.5 Å². The molecule has 2 N–H and O–H groups in total. The van der Waals surface area contributed by atoms with Crippen LogP contribution in [0.15, 0.2) is 48.5 Å². The molecule has 1 aliphatic heterocycles. The summed E-state index contributed by atoms with van der Waals surface area (Å²) in [7, 11) is 0. The van der Waals surface area contributed by atoms with Crippen molar-refractivity contribution in [1.29, 1.82) is 0 Å². The third-order valence-corrected chi connectivity index (χ3v) is 5.21. The highest BCUT2D eigenvalue weighted by Crippen LogP contribution is 2.29. The first kappa shape index (κ1) is 22.7. The van der Waals surface area contributed by atoms with Crippen molar-refractivity contribution >= 4 is 17.5 Å². The van der Waals surface area contributed by atoms with Crippen LogP contribution in [0.25, 0.3) is 0 Å². The minimum Gasteiger partial charge on any atom is -0.371 e. The smallest absolute Gasteiger partial charge is 0.371 e. The van der Waals surface area contributed by atoms with Gasteiger partial charge in [-0.3, -0.25) is 9.59 Å². The molecule has 5 nitrogen and oxygen atoms in total. The molecule has 0 unspecified atom stereocenters. The van der Waals surface area contributed by atoms with Crippen LogP contribution in [0.4, 0.5) is 18.9 Å². The Morgan fingerprint density at radius 1 is 0.968 bits per heavy atom. The minimum absolute atomic E-state index is 0.0340. The second-order valence-electron chi connectivity index (χ2n) is 7.96. The molecule has 1 heterocycles. The van der Waals surface area contributed by atoms with Gasteiger partial charge in [0.05, 0.1) is 11.1 Å². The highest BCUT2D eigenvalue weighted by molar-refractivity contribution is 6.00. The summed E-state index contributed by atoms with van der Waals surface area (Å²) in [5.74, 6) is -0.507. The number of nitrogens with zero attached hydrogens (tertiary/aromatic N) is 1. The van der Waals surface area contributed by atoms with Crippen molar-refractivity contribution in [3.63, 3.8) is 0 Å². The predicted octanol–water partition coefficient (Wildman–Crippen LogP) is 4.24. The Labute approximate surface area is 179 Å². The highest BCUT2D eigenvalue weighted by atomic mass is 19.4. The van der Waals surface area contributed by atoms with Crippen LogP contribution in [-0.2, 0) is 6.18 Å². The monoisotopic (exact) mass is 433 g/mol. The van der Waals surface area contributed by atoms with Gasteiger partial charge >= 0.3 is 6.18 Å². The lowest BCUT2D eigenvalue weighted by atomic mass is 10.0. The Balaban J connectivity index is 1.59. The van der Waals surface area contributed by atoms with Gasteiger partial charge in [0.25, 0.3) is 11.8 Å². The van der Waals surface area contributed by atoms with E-state index in [2.05, 4.69) is 15.5 Å². The average Bonchev–Trinajstić information content (AvgIpc) is 2.73. The molecule has 31 heavy (non-hydrogen) atoms. The zero-order valence-corrected chi connectivity index (χ0v) is 17.5. The second kappa shape index (κ2) is 9.41. The Kier molecular flexibility index (Phi) is 6.87. The van der Waals surface area contributed by atoms with Crippen LogP contribution in [0, 0.1) is 0 Å². The van der Waals surface area contributed by atoms with Gasteiger partial charge in [-0.25, -0.2) is 0 Å². The summed E-state index contributed by atoms with van der Waals surface area (Å²) in [5, 5.41) is 5.81. The van der Waals surface area contributed by atoms with Gasteiger partial charge in [0.1, 0.15) is 0 Å². The SMILES string of the molecule is CC(C)NC(=O)c1ccccc1N1CCC(NC(=O)c2ccc(C(F)(F)F)cc2)CC1. The molecule has 1 aliphatic rings. The Bertz CT molecular complexity index is 918. The van der Waals surface area contributed by atoms with E-state index in [9.17, 15) is 22.8 Å². The maximum Gasteiger partial charge on any atom is 0.416 e. The Hall–Kier alpha value is -3.03. The lowest BCUT2D eigenvalue weighted by Crippen LogP contribution is -2.45. The number of hydrogen-bond acceptors (Lipinski definition) is 3. The number of nitrogens with one attached hydrogen (secondary N) is 2. The van der Waals surface area contributed by atoms with Gasteiger partial charge < -0.3 is 15.5 Å². The molecular formula is C23H26F3N3O2. The van der Waals surface area contributed by atoms with Crippen molar-refractivity contribution in [3.8, 4) is 0 Å². The number of piperidine rings is 1. The molecule has 0 spiro atoms. The van der Waals surface area contributed by atoms with Gasteiger partial charge in [-0.2, -0.15) is 13.2 Å². The Morgan fingerprint density at radius 3 is 2.16 bits per heavy atom. The lowest BCUT2D eigenvalue weighted by molar-refractivity contribution is -0.137.